The summed E-state index contributed by atoms with van der Waals surface area (Å²) < 4.78 is 47.4. The van der Waals surface area contributed by atoms with Crippen LogP contribution in [-0.2, 0) is 14.2 Å². The molecule has 3 heteroatoms. The van der Waals surface area contributed by atoms with Crippen molar-refractivity contribution < 1.29 is 19.7 Å². The normalized spacial score (nSPS) is 59.2. The van der Waals surface area contributed by atoms with Crippen LogP contribution in [0.4, 0.5) is 0 Å². The van der Waals surface area contributed by atoms with Crippen LogP contribution in [-0.4, -0.2) is 31.1 Å². The highest BCUT2D eigenvalue weighted by Gasteiger charge is 2.43. The summed E-state index contributed by atoms with van der Waals surface area (Å²) in [5.74, 6) is -1.52. The molecular formula is C10H18O3. The molecule has 76 valence electrons. The Morgan fingerprint density at radius 1 is 1.46 bits per heavy atom. The van der Waals surface area contributed by atoms with Gasteiger partial charge in [-0.05, 0) is 27.2 Å². The summed E-state index contributed by atoms with van der Waals surface area (Å²) in [4.78, 5) is 0. The third-order valence-corrected chi connectivity index (χ3v) is 1.91. The summed E-state index contributed by atoms with van der Waals surface area (Å²) >= 11 is 0. The third-order valence-electron chi connectivity index (χ3n) is 1.91. The zero-order valence-corrected chi connectivity index (χ0v) is 8.22. The van der Waals surface area contributed by atoms with Crippen molar-refractivity contribution in [3.8, 4) is 0 Å². The lowest BCUT2D eigenvalue weighted by Gasteiger charge is -2.26. The minimum absolute atomic E-state index is 0.215. The van der Waals surface area contributed by atoms with Crippen LogP contribution in [0.15, 0.2) is 0 Å². The Balaban J connectivity index is 2.35. The molecule has 0 spiro atoms. The number of hydrogen-bond acceptors (Lipinski definition) is 3. The molecule has 2 aliphatic rings. The van der Waals surface area contributed by atoms with Crippen molar-refractivity contribution in [3.63, 3.8) is 0 Å². The molecule has 3 nitrogen and oxygen atoms in total. The topological polar surface area (TPSA) is 27.7 Å². The fraction of sp³-hybridized carbons (Fsp3) is 1.00. The summed E-state index contributed by atoms with van der Waals surface area (Å²) in [5, 5.41) is 0. The molecule has 0 aromatic carbocycles. The molecule has 0 N–H and O–H groups in total. The van der Waals surface area contributed by atoms with Crippen molar-refractivity contribution >= 4 is 0 Å². The zero-order chi connectivity index (χ0) is 13.1. The van der Waals surface area contributed by atoms with Gasteiger partial charge >= 0.3 is 0 Å². The van der Waals surface area contributed by atoms with Gasteiger partial charge in [0.15, 0.2) is 6.27 Å². The predicted octanol–water partition coefficient (Wildman–Crippen LogP) is 1.56. The molecule has 0 radical (unpaired) electrons. The van der Waals surface area contributed by atoms with Crippen LogP contribution < -0.4 is 0 Å². The zero-order valence-electron chi connectivity index (χ0n) is 12.2. The van der Waals surface area contributed by atoms with E-state index in [1.165, 1.54) is 0 Å². The first kappa shape index (κ1) is 5.69. The molecule has 0 amide bonds. The summed E-state index contributed by atoms with van der Waals surface area (Å²) in [6.07, 6.45) is -2.86. The van der Waals surface area contributed by atoms with Crippen molar-refractivity contribution in [2.24, 2.45) is 5.89 Å². The molecule has 0 aromatic heterocycles. The summed E-state index contributed by atoms with van der Waals surface area (Å²) in [6, 6.07) is 0. The highest BCUT2D eigenvalue weighted by molar-refractivity contribution is 4.85. The van der Waals surface area contributed by atoms with E-state index >= 15 is 0 Å². The Morgan fingerprint density at radius 3 is 2.92 bits per heavy atom. The molecule has 2 rings (SSSR count). The van der Waals surface area contributed by atoms with Crippen LogP contribution in [0.2, 0.25) is 0 Å². The second-order valence-electron chi connectivity index (χ2n) is 4.24. The monoisotopic (exact) mass is 190 g/mol. The lowest BCUT2D eigenvalue weighted by Crippen LogP contribution is -2.32. The van der Waals surface area contributed by atoms with Crippen molar-refractivity contribution in [3.05, 3.63) is 0 Å². The number of hydrogen-bond donors (Lipinski definition) is 0. The molecule has 0 bridgehead atoms. The van der Waals surface area contributed by atoms with Gasteiger partial charge in [-0.15, -0.1) is 0 Å². The minimum Gasteiger partial charge on any atom is -0.370 e. The van der Waals surface area contributed by atoms with Gasteiger partial charge in [-0.1, -0.05) is 0 Å². The van der Waals surface area contributed by atoms with Crippen LogP contribution in [0, 0.1) is 5.89 Å². The van der Waals surface area contributed by atoms with E-state index in [9.17, 15) is 0 Å². The quantitative estimate of drug-likeness (QED) is 0.628. The summed E-state index contributed by atoms with van der Waals surface area (Å²) in [6.45, 7) is 3.38. The van der Waals surface area contributed by atoms with E-state index in [-0.39, 0.29) is 13.0 Å². The summed E-state index contributed by atoms with van der Waals surface area (Å²) in [7, 11) is 0. The lowest BCUT2D eigenvalue weighted by atomic mass is 10.0. The Bertz CT molecular complexity index is 330. The molecule has 0 aromatic rings. The van der Waals surface area contributed by atoms with Gasteiger partial charge in [0.2, 0.25) is 0 Å². The van der Waals surface area contributed by atoms with Gasteiger partial charge in [0.25, 0.3) is 0 Å². The SMILES string of the molecule is [2H]C1([2H])O[C@@]2([2H])OCC[C@@]2([2H])[C@H]1OC(C)(C)C. The molecule has 0 unspecified atom stereocenters. The standard InChI is InChI=1S/C10H18O3/c1-10(2,3)13-8-6-12-9-7(8)4-5-11-9/h7-9H,4-6H2,1-3H3/t7-,8-,9+/m0/s1/i6D2,7D,9D. The second-order valence-corrected chi connectivity index (χ2v) is 4.24. The van der Waals surface area contributed by atoms with E-state index < -0.39 is 30.4 Å². The molecule has 0 aliphatic carbocycles. The maximum absolute atomic E-state index is 8.28. The van der Waals surface area contributed by atoms with Crippen LogP contribution in [0.5, 0.6) is 0 Å². The fourth-order valence-corrected chi connectivity index (χ4v) is 1.41. The van der Waals surface area contributed by atoms with Crippen LogP contribution in [0.3, 0.4) is 0 Å². The highest BCUT2D eigenvalue weighted by Crippen LogP contribution is 2.34. The second kappa shape index (κ2) is 3.23. The van der Waals surface area contributed by atoms with Crippen molar-refractivity contribution in [1.82, 2.24) is 0 Å². The summed E-state index contributed by atoms with van der Waals surface area (Å²) in [5.41, 5.74) is -0.608. The molecule has 0 saturated carbocycles. The number of ether oxygens (including phenoxy) is 3. The molecule has 2 aliphatic heterocycles. The van der Waals surface area contributed by atoms with Gasteiger partial charge in [-0.25, -0.2) is 0 Å². The smallest absolute Gasteiger partial charge is 0.163 e. The van der Waals surface area contributed by atoms with Crippen molar-refractivity contribution in [2.75, 3.05) is 13.2 Å². The number of rotatable bonds is 1. The molecule has 13 heavy (non-hydrogen) atoms. The highest BCUT2D eigenvalue weighted by atomic mass is 16.7. The van der Waals surface area contributed by atoms with Gasteiger partial charge in [-0.2, -0.15) is 0 Å². The van der Waals surface area contributed by atoms with Gasteiger partial charge in [0, 0.05) is 7.26 Å². The van der Waals surface area contributed by atoms with E-state index in [1.807, 2.05) is 0 Å². The maximum Gasteiger partial charge on any atom is 0.163 e. The van der Waals surface area contributed by atoms with E-state index in [4.69, 9.17) is 19.7 Å². The first-order valence-electron chi connectivity index (χ1n) is 6.52. The lowest BCUT2D eigenvalue weighted by molar-refractivity contribution is -0.0929. The molecule has 2 saturated heterocycles. The van der Waals surface area contributed by atoms with Gasteiger partial charge in [-0.3, -0.25) is 0 Å². The molecule has 2 heterocycles. The van der Waals surface area contributed by atoms with E-state index in [0.717, 1.165) is 0 Å². The Labute approximate surface area is 85.0 Å². The first-order valence-corrected chi connectivity index (χ1v) is 4.52. The fourth-order valence-electron chi connectivity index (χ4n) is 1.41. The average Bonchev–Trinajstić information content (AvgIpc) is 2.42. The van der Waals surface area contributed by atoms with Gasteiger partial charge < -0.3 is 14.2 Å². The van der Waals surface area contributed by atoms with E-state index in [2.05, 4.69) is 0 Å². The van der Waals surface area contributed by atoms with Crippen LogP contribution >= 0.6 is 0 Å². The minimum atomic E-state index is -2.18. The van der Waals surface area contributed by atoms with Crippen LogP contribution in [0.25, 0.3) is 0 Å². The van der Waals surface area contributed by atoms with Crippen molar-refractivity contribution in [1.29, 1.82) is 0 Å². The Hall–Kier alpha value is -0.120. The molecular weight excluding hydrogens is 168 g/mol. The van der Waals surface area contributed by atoms with E-state index in [0.29, 0.717) is 0 Å². The Morgan fingerprint density at radius 2 is 2.23 bits per heavy atom. The van der Waals surface area contributed by atoms with E-state index in [1.54, 1.807) is 20.8 Å². The van der Waals surface area contributed by atoms with Gasteiger partial charge in [0.1, 0.15) is 0 Å². The van der Waals surface area contributed by atoms with Gasteiger partial charge in [0.05, 0.1) is 29.0 Å². The van der Waals surface area contributed by atoms with Crippen molar-refractivity contribution in [2.45, 2.75) is 45.2 Å². The van der Waals surface area contributed by atoms with Crippen LogP contribution in [0.1, 0.15) is 32.7 Å². The first-order chi connectivity index (χ1) is 7.50. The maximum atomic E-state index is 8.28. The molecule has 2 fully saturated rings. The Kier molecular flexibility index (Phi) is 1.41. The third kappa shape index (κ3) is 2.03. The number of fused-ring (bicyclic) bond motifs is 1. The molecule has 3 atom stereocenters. The average molecular weight is 190 g/mol. The largest absolute Gasteiger partial charge is 0.370 e. The predicted molar refractivity (Wildman–Crippen MR) is 48.4 cm³/mol.